The van der Waals surface area contributed by atoms with Crippen LogP contribution in [0.4, 0.5) is 15.3 Å². The van der Waals surface area contributed by atoms with E-state index >= 15 is 0 Å². The van der Waals surface area contributed by atoms with E-state index in [-0.39, 0.29) is 43.6 Å². The maximum atomic E-state index is 14.5. The van der Waals surface area contributed by atoms with Crippen molar-refractivity contribution in [2.75, 3.05) is 18.5 Å². The average molecular weight is 779 g/mol. The largest absolute Gasteiger partial charge is 0.457 e. The molecule has 3 aliphatic heterocycles. The van der Waals surface area contributed by atoms with Gasteiger partial charge in [-0.1, -0.05) is 58.4 Å². The third kappa shape index (κ3) is 9.28. The molecular weight excluding hydrogens is 721 g/mol. The van der Waals surface area contributed by atoms with Gasteiger partial charge in [-0.2, -0.15) is 0 Å². The zero-order chi connectivity index (χ0) is 40.9. The Bertz CT molecular complexity index is 1890. The van der Waals surface area contributed by atoms with E-state index in [9.17, 15) is 24.0 Å². The first-order chi connectivity index (χ1) is 25.3. The molecule has 300 valence electrons. The lowest BCUT2D eigenvalue weighted by atomic mass is 9.78. The number of alkyl carbamates (subject to hydrolysis) is 1. The number of esters is 2. The fourth-order valence-electron chi connectivity index (χ4n) is 7.29. The Labute approximate surface area is 325 Å². The summed E-state index contributed by atoms with van der Waals surface area (Å²) in [5.41, 5.74) is 1.42. The molecule has 1 unspecified atom stereocenters. The Balaban J connectivity index is 1.44. The average Bonchev–Trinajstić information content (AvgIpc) is 3.39. The fourth-order valence-corrected chi connectivity index (χ4v) is 10.5. The number of nitrogens with one attached hydrogen (secondary N) is 3. The number of fused-ring (bicyclic) bond motifs is 3. The van der Waals surface area contributed by atoms with E-state index in [1.807, 2.05) is 37.8 Å². The summed E-state index contributed by atoms with van der Waals surface area (Å²) in [6.45, 7) is 23.9. The molecule has 3 N–H and O–H groups in total. The molecule has 2 amide bonds. The van der Waals surface area contributed by atoms with E-state index in [0.29, 0.717) is 40.6 Å². The van der Waals surface area contributed by atoms with E-state index in [4.69, 9.17) is 18.9 Å². The molecule has 3 heterocycles. The van der Waals surface area contributed by atoms with Crippen LogP contribution in [0.2, 0.25) is 19.1 Å². The molecule has 5 rings (SSSR count). The van der Waals surface area contributed by atoms with Crippen molar-refractivity contribution in [3.05, 3.63) is 51.6 Å². The van der Waals surface area contributed by atoms with Crippen LogP contribution in [0.15, 0.2) is 40.5 Å². The highest BCUT2D eigenvalue weighted by Crippen LogP contribution is 2.46. The van der Waals surface area contributed by atoms with Gasteiger partial charge in [-0.15, -0.1) is 0 Å². The first-order valence-corrected chi connectivity index (χ1v) is 22.3. The van der Waals surface area contributed by atoms with Gasteiger partial charge in [-0.25, -0.2) is 14.4 Å². The first-order valence-electron chi connectivity index (χ1n) is 19.1. The predicted octanol–water partition coefficient (Wildman–Crippen LogP) is 6.75. The Morgan fingerprint density at radius 1 is 0.982 bits per heavy atom. The third-order valence-corrected chi connectivity index (χ3v) is 13.5. The molecule has 0 saturated carbocycles. The summed E-state index contributed by atoms with van der Waals surface area (Å²) in [7, 11) is -2.12. The maximum absolute atomic E-state index is 14.5. The van der Waals surface area contributed by atoms with Crippen molar-refractivity contribution < 1.29 is 42.9 Å². The number of hydrogen-bond acceptors (Lipinski definition) is 11. The molecule has 4 aliphatic rings. The SMILES string of the molecule is CCC1(OC(=O)CCNC(=O)OC(C)(C)C)C(=O)OCC2=C1CC1=C(C2=O)N2Cc3c(cc(NC(=O)OC(C)(C)C)cc3[Si](C)(C)CCC(C)(C)C)C=C2N1. The van der Waals surface area contributed by atoms with Gasteiger partial charge in [0.15, 0.2) is 0 Å². The number of ether oxygens (including phenoxy) is 4. The molecule has 0 bridgehead atoms. The number of anilines is 1. The van der Waals surface area contributed by atoms with Crippen LogP contribution in [-0.4, -0.2) is 72.8 Å². The molecule has 0 radical (unpaired) electrons. The Kier molecular flexibility index (Phi) is 11.2. The lowest BCUT2D eigenvalue weighted by Gasteiger charge is -2.39. The molecule has 0 fully saturated rings. The molecule has 1 aromatic rings. The molecule has 13 nitrogen and oxygen atoms in total. The van der Waals surface area contributed by atoms with E-state index in [0.717, 1.165) is 23.6 Å². The number of ketones is 1. The van der Waals surface area contributed by atoms with Crippen LogP contribution in [0.3, 0.4) is 0 Å². The van der Waals surface area contributed by atoms with Crippen LogP contribution in [0, 0.1) is 5.41 Å². The van der Waals surface area contributed by atoms with E-state index in [1.165, 1.54) is 5.19 Å². The fraction of sp³-hybridized carbons (Fsp3) is 0.585. The minimum absolute atomic E-state index is 0.0503. The number of carbonyl (C=O) groups excluding carboxylic acids is 5. The van der Waals surface area contributed by atoms with Gasteiger partial charge in [0.25, 0.3) is 0 Å². The second-order valence-corrected chi connectivity index (χ2v) is 23.4. The van der Waals surface area contributed by atoms with Gasteiger partial charge in [-0.3, -0.25) is 14.9 Å². The molecule has 1 aromatic carbocycles. The lowest BCUT2D eigenvalue weighted by Crippen LogP contribution is -2.52. The normalized spacial score (nSPS) is 19.6. The number of nitrogens with zero attached hydrogens (tertiary/aromatic N) is 1. The van der Waals surface area contributed by atoms with Crippen molar-refractivity contribution in [1.29, 1.82) is 0 Å². The quantitative estimate of drug-likeness (QED) is 0.138. The van der Waals surface area contributed by atoms with Gasteiger partial charge < -0.3 is 34.5 Å². The summed E-state index contributed by atoms with van der Waals surface area (Å²) in [6, 6.07) is 5.04. The third-order valence-electron chi connectivity index (χ3n) is 10.0. The molecule has 14 heteroatoms. The minimum atomic E-state index is -2.12. The molecule has 0 aromatic heterocycles. The highest BCUT2D eigenvalue weighted by Gasteiger charge is 2.54. The zero-order valence-corrected chi connectivity index (χ0v) is 35.5. The van der Waals surface area contributed by atoms with Crippen molar-refractivity contribution >= 4 is 54.9 Å². The van der Waals surface area contributed by atoms with E-state index < -0.39 is 49.0 Å². The zero-order valence-electron chi connectivity index (χ0n) is 34.5. The highest BCUT2D eigenvalue weighted by atomic mass is 28.3. The summed E-state index contributed by atoms with van der Waals surface area (Å²) in [4.78, 5) is 68.1. The molecule has 55 heavy (non-hydrogen) atoms. The Hall–Kier alpha value is -4.59. The predicted molar refractivity (Wildman–Crippen MR) is 212 cm³/mol. The van der Waals surface area contributed by atoms with Crippen LogP contribution in [-0.2, 0) is 39.9 Å². The molecule has 1 aliphatic carbocycles. The van der Waals surface area contributed by atoms with Crippen molar-refractivity contribution in [2.24, 2.45) is 5.41 Å². The number of hydrogen-bond donors (Lipinski definition) is 3. The Morgan fingerprint density at radius 3 is 2.25 bits per heavy atom. The number of allylic oxidation sites excluding steroid dienone is 2. The number of benzene rings is 1. The van der Waals surface area contributed by atoms with Crippen molar-refractivity contribution in [1.82, 2.24) is 15.5 Å². The van der Waals surface area contributed by atoms with Crippen LogP contribution < -0.4 is 21.1 Å². The smallest absolute Gasteiger partial charge is 0.412 e. The molecule has 1 atom stereocenters. The van der Waals surface area contributed by atoms with Crippen LogP contribution in [0.5, 0.6) is 0 Å². The van der Waals surface area contributed by atoms with Crippen LogP contribution >= 0.6 is 0 Å². The molecule has 0 saturated heterocycles. The number of cyclic esters (lactones) is 1. The molecule has 0 spiro atoms. The summed E-state index contributed by atoms with van der Waals surface area (Å²) >= 11 is 0. The topological polar surface area (TPSA) is 162 Å². The number of Topliss-reactive ketones (excluding diaryl/α,β-unsaturated/α-hetero) is 1. The van der Waals surface area contributed by atoms with Crippen molar-refractivity contribution in [2.45, 2.75) is 137 Å². The van der Waals surface area contributed by atoms with E-state index in [2.05, 4.69) is 55.9 Å². The Morgan fingerprint density at radius 2 is 1.64 bits per heavy atom. The van der Waals surface area contributed by atoms with Gasteiger partial charge in [0, 0.05) is 35.5 Å². The summed E-state index contributed by atoms with van der Waals surface area (Å²) in [6.07, 6.45) is 1.80. The highest BCUT2D eigenvalue weighted by molar-refractivity contribution is 6.90. The van der Waals surface area contributed by atoms with Crippen molar-refractivity contribution in [3.8, 4) is 0 Å². The summed E-state index contributed by atoms with van der Waals surface area (Å²) in [5.74, 6) is -1.07. The summed E-state index contributed by atoms with van der Waals surface area (Å²) < 4.78 is 22.3. The van der Waals surface area contributed by atoms with Crippen LogP contribution in [0.1, 0.15) is 106 Å². The van der Waals surface area contributed by atoms with Crippen molar-refractivity contribution in [3.63, 3.8) is 0 Å². The second-order valence-electron chi connectivity index (χ2n) is 18.6. The standard InChI is InChI=1S/C41H58N4O9Si/c1-13-41(52-32(46)14-16-42-36(49)53-39(5,6)7)28-21-29-33(34(47)27(28)23-51-35(41)48)45-22-26-24(19-31(45)44-29)18-25(43-37(50)54-40(8,9)10)20-30(26)55(11,12)17-15-38(2,3)4/h18-20,44H,13-17,21-23H2,1-12H3,(H,42,49)(H,43,50). The van der Waals surface area contributed by atoms with Gasteiger partial charge in [0.2, 0.25) is 11.4 Å². The second kappa shape index (κ2) is 14.8. The monoisotopic (exact) mass is 778 g/mol. The van der Waals surface area contributed by atoms with E-state index in [1.54, 1.807) is 27.7 Å². The molecular formula is C41H58N4O9Si. The lowest BCUT2D eigenvalue weighted by molar-refractivity contribution is -0.180. The first kappa shape index (κ1) is 41.6. The number of amides is 2. The van der Waals surface area contributed by atoms with Gasteiger partial charge in [0.1, 0.15) is 29.3 Å². The summed E-state index contributed by atoms with van der Waals surface area (Å²) in [5, 5.41) is 10.1. The van der Waals surface area contributed by atoms with Gasteiger partial charge in [-0.05, 0) is 82.7 Å². The number of rotatable bonds is 9. The maximum Gasteiger partial charge on any atom is 0.412 e. The van der Waals surface area contributed by atoms with Gasteiger partial charge >= 0.3 is 24.1 Å². The number of carbonyl (C=O) groups is 5. The minimum Gasteiger partial charge on any atom is -0.457 e. The van der Waals surface area contributed by atoms with Crippen LogP contribution in [0.25, 0.3) is 6.08 Å². The van der Waals surface area contributed by atoms with Gasteiger partial charge in [0.05, 0.1) is 21.0 Å².